The number of aliphatic hydroxyl groups is 1. The molecule has 2 aromatic rings. The van der Waals surface area contributed by atoms with Crippen molar-refractivity contribution >= 4 is 5.57 Å². The number of nitriles is 1. The zero-order valence-electron chi connectivity index (χ0n) is 13.2. The molecule has 0 saturated carbocycles. The van der Waals surface area contributed by atoms with Crippen LogP contribution in [0.2, 0.25) is 0 Å². The maximum atomic E-state index is 9.66. The largest absolute Gasteiger partial charge is 0.488 e. The molecule has 0 aliphatic carbocycles. The Morgan fingerprint density at radius 3 is 2.78 bits per heavy atom. The third-order valence-corrected chi connectivity index (χ3v) is 4.10. The molecule has 0 bridgehead atoms. The summed E-state index contributed by atoms with van der Waals surface area (Å²) in [7, 11) is 0. The van der Waals surface area contributed by atoms with Crippen molar-refractivity contribution in [1.82, 2.24) is 0 Å². The zero-order chi connectivity index (χ0) is 16.2. The van der Waals surface area contributed by atoms with Crippen LogP contribution < -0.4 is 4.74 Å². The minimum atomic E-state index is -0.000652. The van der Waals surface area contributed by atoms with Crippen molar-refractivity contribution in [2.45, 2.75) is 33.0 Å². The van der Waals surface area contributed by atoms with Crippen molar-refractivity contribution in [2.75, 3.05) is 0 Å². The monoisotopic (exact) mass is 305 g/mol. The van der Waals surface area contributed by atoms with E-state index in [0.29, 0.717) is 6.61 Å². The van der Waals surface area contributed by atoms with Crippen molar-refractivity contribution in [3.8, 4) is 11.8 Å². The minimum Gasteiger partial charge on any atom is -0.488 e. The van der Waals surface area contributed by atoms with Gasteiger partial charge >= 0.3 is 0 Å². The first-order valence-electron chi connectivity index (χ1n) is 7.87. The molecule has 1 aliphatic rings. The normalized spacial score (nSPS) is 14.8. The number of nitrogens with zero attached hydrogens (tertiary/aromatic N) is 1. The molecule has 0 aromatic heterocycles. The van der Waals surface area contributed by atoms with Crippen molar-refractivity contribution in [1.29, 1.82) is 5.26 Å². The summed E-state index contributed by atoms with van der Waals surface area (Å²) < 4.78 is 5.95. The van der Waals surface area contributed by atoms with E-state index in [9.17, 15) is 10.4 Å². The lowest BCUT2D eigenvalue weighted by Gasteiger charge is -2.13. The fourth-order valence-electron chi connectivity index (χ4n) is 3.02. The molecular weight excluding hydrogens is 286 g/mol. The predicted octanol–water partition coefficient (Wildman–Crippen LogP) is 4.20. The van der Waals surface area contributed by atoms with Crippen LogP contribution in [-0.4, -0.2) is 5.11 Å². The van der Waals surface area contributed by atoms with Crippen molar-refractivity contribution in [2.24, 2.45) is 0 Å². The average Bonchev–Trinajstić information content (AvgIpc) is 2.76. The van der Waals surface area contributed by atoms with Crippen LogP contribution in [0.5, 0.6) is 5.75 Å². The van der Waals surface area contributed by atoms with Crippen molar-refractivity contribution in [3.05, 3.63) is 70.3 Å². The standard InChI is InChI=1S/C20H19NO2/c1-2-5-15(11-21)20-17-9-8-14(12-22)10-16(17)13-23-19-7-4-3-6-18(19)20/h3-4,6-10,22H,2,5,12-13H2,1H3. The average molecular weight is 305 g/mol. The molecule has 3 rings (SSSR count). The van der Waals surface area contributed by atoms with Gasteiger partial charge in [-0.1, -0.05) is 43.7 Å². The van der Waals surface area contributed by atoms with Crippen LogP contribution in [-0.2, 0) is 13.2 Å². The highest BCUT2D eigenvalue weighted by molar-refractivity contribution is 5.88. The Morgan fingerprint density at radius 2 is 2.04 bits per heavy atom. The smallest absolute Gasteiger partial charge is 0.127 e. The highest BCUT2D eigenvalue weighted by Crippen LogP contribution is 2.39. The lowest BCUT2D eigenvalue weighted by molar-refractivity contribution is 0.280. The molecule has 1 aliphatic heterocycles. The predicted molar refractivity (Wildman–Crippen MR) is 89.7 cm³/mol. The summed E-state index contributed by atoms with van der Waals surface area (Å²) in [5, 5.41) is 19.0. The van der Waals surface area contributed by atoms with Gasteiger partial charge in [0.05, 0.1) is 12.7 Å². The summed E-state index contributed by atoms with van der Waals surface area (Å²) in [4.78, 5) is 0. The fourth-order valence-corrected chi connectivity index (χ4v) is 3.02. The molecule has 116 valence electrons. The summed E-state index contributed by atoms with van der Waals surface area (Å²) in [6.45, 7) is 2.51. The molecule has 0 saturated heterocycles. The number of rotatable bonds is 3. The number of ether oxygens (including phenoxy) is 1. The minimum absolute atomic E-state index is 0.000652. The van der Waals surface area contributed by atoms with Crippen LogP contribution in [0.4, 0.5) is 0 Å². The second kappa shape index (κ2) is 6.68. The van der Waals surface area contributed by atoms with Gasteiger partial charge in [-0.15, -0.1) is 0 Å². The number of para-hydroxylation sites is 1. The summed E-state index contributed by atoms with van der Waals surface area (Å²) in [6.07, 6.45) is 1.65. The molecule has 0 spiro atoms. The molecule has 0 unspecified atom stereocenters. The number of hydrogen-bond acceptors (Lipinski definition) is 3. The van der Waals surface area contributed by atoms with E-state index in [1.54, 1.807) is 0 Å². The van der Waals surface area contributed by atoms with Crippen LogP contribution in [0.15, 0.2) is 48.0 Å². The molecular formula is C20H19NO2. The third-order valence-electron chi connectivity index (χ3n) is 4.10. The highest BCUT2D eigenvalue weighted by atomic mass is 16.5. The first kappa shape index (κ1) is 15.3. The zero-order valence-corrected chi connectivity index (χ0v) is 13.2. The topological polar surface area (TPSA) is 53.2 Å². The van der Waals surface area contributed by atoms with Crippen LogP contribution in [0, 0.1) is 11.3 Å². The van der Waals surface area contributed by atoms with Gasteiger partial charge in [-0.3, -0.25) is 0 Å². The summed E-state index contributed by atoms with van der Waals surface area (Å²) in [6, 6.07) is 16.1. The van der Waals surface area contributed by atoms with E-state index in [4.69, 9.17) is 4.74 Å². The SMILES string of the molecule is CCCC(C#N)=C1c2ccc(CO)cc2COc2ccccc21. The fraction of sp³-hybridized carbons (Fsp3) is 0.250. The first-order valence-corrected chi connectivity index (χ1v) is 7.87. The molecule has 2 aromatic carbocycles. The van der Waals surface area contributed by atoms with Gasteiger partial charge in [-0.25, -0.2) is 0 Å². The third kappa shape index (κ3) is 2.86. The van der Waals surface area contributed by atoms with Gasteiger partial charge in [-0.2, -0.15) is 5.26 Å². The molecule has 1 heterocycles. The maximum absolute atomic E-state index is 9.66. The lowest BCUT2D eigenvalue weighted by Crippen LogP contribution is -1.99. The van der Waals surface area contributed by atoms with Gasteiger partial charge in [0.2, 0.25) is 0 Å². The second-order valence-corrected chi connectivity index (χ2v) is 5.65. The summed E-state index contributed by atoms with van der Waals surface area (Å²) >= 11 is 0. The van der Waals surface area contributed by atoms with Crippen LogP contribution in [0.3, 0.4) is 0 Å². The quantitative estimate of drug-likeness (QED) is 0.865. The van der Waals surface area contributed by atoms with E-state index in [2.05, 4.69) is 13.0 Å². The van der Waals surface area contributed by atoms with Gasteiger partial charge in [0.1, 0.15) is 12.4 Å². The van der Waals surface area contributed by atoms with Gasteiger partial charge in [0.25, 0.3) is 0 Å². The van der Waals surface area contributed by atoms with Crippen molar-refractivity contribution in [3.63, 3.8) is 0 Å². The van der Waals surface area contributed by atoms with E-state index in [0.717, 1.165) is 52.0 Å². The lowest BCUT2D eigenvalue weighted by atomic mass is 9.88. The van der Waals surface area contributed by atoms with Gasteiger partial charge in [0.15, 0.2) is 0 Å². The maximum Gasteiger partial charge on any atom is 0.127 e. The van der Waals surface area contributed by atoms with Crippen molar-refractivity contribution < 1.29 is 9.84 Å². The van der Waals surface area contributed by atoms with E-state index >= 15 is 0 Å². The van der Waals surface area contributed by atoms with Gasteiger partial charge < -0.3 is 9.84 Å². The Hall–Kier alpha value is -2.57. The molecule has 0 atom stereocenters. The van der Waals surface area contributed by atoms with E-state index in [1.807, 2.05) is 42.5 Å². The Morgan fingerprint density at radius 1 is 1.22 bits per heavy atom. The molecule has 1 N–H and O–H groups in total. The van der Waals surface area contributed by atoms with Gasteiger partial charge in [-0.05, 0) is 35.2 Å². The summed E-state index contributed by atoms with van der Waals surface area (Å²) in [5.74, 6) is 0.799. The molecule has 0 amide bonds. The first-order chi connectivity index (χ1) is 11.3. The van der Waals surface area contributed by atoms with Crippen LogP contribution in [0.25, 0.3) is 5.57 Å². The van der Waals surface area contributed by atoms with E-state index in [-0.39, 0.29) is 6.61 Å². The number of fused-ring (bicyclic) bond motifs is 2. The second-order valence-electron chi connectivity index (χ2n) is 5.65. The van der Waals surface area contributed by atoms with E-state index < -0.39 is 0 Å². The molecule has 0 fully saturated rings. The molecule has 0 radical (unpaired) electrons. The van der Waals surface area contributed by atoms with Crippen LogP contribution >= 0.6 is 0 Å². The Balaban J connectivity index is 2.30. The molecule has 3 heteroatoms. The highest BCUT2D eigenvalue weighted by Gasteiger charge is 2.22. The Bertz CT molecular complexity index is 800. The Labute approximate surface area is 136 Å². The van der Waals surface area contributed by atoms with Gasteiger partial charge in [0, 0.05) is 16.7 Å². The molecule has 3 nitrogen and oxygen atoms in total. The number of benzene rings is 2. The van der Waals surface area contributed by atoms with Crippen LogP contribution in [0.1, 0.15) is 42.0 Å². The Kier molecular flexibility index (Phi) is 4.45. The number of hydrogen-bond donors (Lipinski definition) is 1. The molecule has 23 heavy (non-hydrogen) atoms. The number of aliphatic hydroxyl groups excluding tert-OH is 1. The van der Waals surface area contributed by atoms with E-state index in [1.165, 1.54) is 0 Å². The summed E-state index contributed by atoms with van der Waals surface area (Å²) in [5.41, 5.74) is 5.59. The number of allylic oxidation sites excluding steroid dienone is 1.